The molecule has 1 saturated carbocycles. The van der Waals surface area contributed by atoms with Gasteiger partial charge in [0.05, 0.1) is 6.54 Å². The Kier molecular flexibility index (Phi) is 4.37. The number of hydrogen-bond acceptors (Lipinski definition) is 3. The van der Waals surface area contributed by atoms with Crippen molar-refractivity contribution in [1.29, 1.82) is 0 Å². The van der Waals surface area contributed by atoms with Crippen molar-refractivity contribution in [2.75, 3.05) is 32.7 Å². The Morgan fingerprint density at radius 1 is 1.20 bits per heavy atom. The average molecular weight is 281 g/mol. The average Bonchev–Trinajstić information content (AvgIpc) is 2.97. The molecule has 1 N–H and O–H groups in total. The number of carbonyl (C=O) groups excluding carboxylic acids is 2. The fourth-order valence-electron chi connectivity index (χ4n) is 2.81. The molecular weight excluding hydrogens is 254 g/mol. The number of amides is 2. The van der Waals surface area contributed by atoms with Crippen LogP contribution in [0.5, 0.6) is 0 Å². The van der Waals surface area contributed by atoms with Gasteiger partial charge in [0.15, 0.2) is 0 Å². The van der Waals surface area contributed by atoms with Gasteiger partial charge in [0.2, 0.25) is 11.8 Å². The van der Waals surface area contributed by atoms with Crippen LogP contribution in [0.15, 0.2) is 0 Å². The molecule has 1 heterocycles. The van der Waals surface area contributed by atoms with Gasteiger partial charge in [-0.25, -0.2) is 0 Å². The van der Waals surface area contributed by atoms with E-state index in [0.29, 0.717) is 12.5 Å². The predicted octanol–water partition coefficient (Wildman–Crippen LogP) is 0.701. The molecular formula is C15H27N3O2. The second-order valence-corrected chi connectivity index (χ2v) is 7.07. The highest BCUT2D eigenvalue weighted by Crippen LogP contribution is 2.52. The van der Waals surface area contributed by atoms with E-state index in [2.05, 4.69) is 24.1 Å². The van der Waals surface area contributed by atoms with E-state index in [4.69, 9.17) is 0 Å². The van der Waals surface area contributed by atoms with E-state index in [1.165, 1.54) is 0 Å². The number of rotatable bonds is 4. The molecule has 0 bridgehead atoms. The van der Waals surface area contributed by atoms with Gasteiger partial charge in [0.25, 0.3) is 0 Å². The third kappa shape index (κ3) is 3.72. The summed E-state index contributed by atoms with van der Waals surface area (Å²) in [6.07, 6.45) is 1.02. The third-order valence-corrected chi connectivity index (χ3v) is 4.31. The Balaban J connectivity index is 1.73. The van der Waals surface area contributed by atoms with E-state index in [0.717, 1.165) is 32.6 Å². The lowest BCUT2D eigenvalue weighted by Crippen LogP contribution is -2.52. The summed E-state index contributed by atoms with van der Waals surface area (Å²) in [6.45, 7) is 11.8. The first kappa shape index (κ1) is 15.3. The van der Waals surface area contributed by atoms with Crippen molar-refractivity contribution in [2.24, 2.45) is 11.3 Å². The molecule has 0 aromatic heterocycles. The second kappa shape index (κ2) is 5.72. The van der Waals surface area contributed by atoms with Crippen LogP contribution in [0, 0.1) is 11.3 Å². The maximum Gasteiger partial charge on any atom is 0.234 e. The molecule has 1 aliphatic carbocycles. The summed E-state index contributed by atoms with van der Waals surface area (Å²) in [5.41, 5.74) is 0.200. The zero-order valence-corrected chi connectivity index (χ0v) is 13.1. The predicted molar refractivity (Wildman–Crippen MR) is 78.2 cm³/mol. The van der Waals surface area contributed by atoms with E-state index in [-0.39, 0.29) is 23.3 Å². The van der Waals surface area contributed by atoms with Gasteiger partial charge in [0.1, 0.15) is 0 Å². The normalized spacial score (nSPS) is 25.6. The molecule has 0 aromatic carbocycles. The monoisotopic (exact) mass is 281 g/mol. The number of piperazine rings is 1. The zero-order valence-electron chi connectivity index (χ0n) is 13.1. The molecule has 2 rings (SSSR count). The van der Waals surface area contributed by atoms with Crippen LogP contribution in [0.1, 0.15) is 34.1 Å². The lowest BCUT2D eigenvalue weighted by atomic mass is 10.1. The van der Waals surface area contributed by atoms with Crippen molar-refractivity contribution in [2.45, 2.75) is 40.2 Å². The summed E-state index contributed by atoms with van der Waals surface area (Å²) in [4.78, 5) is 28.1. The van der Waals surface area contributed by atoms with Crippen molar-refractivity contribution < 1.29 is 9.59 Å². The van der Waals surface area contributed by atoms with Gasteiger partial charge in [-0.3, -0.25) is 14.5 Å². The molecule has 5 nitrogen and oxygen atoms in total. The van der Waals surface area contributed by atoms with Crippen LogP contribution in [-0.2, 0) is 9.59 Å². The van der Waals surface area contributed by atoms with Gasteiger partial charge < -0.3 is 10.2 Å². The van der Waals surface area contributed by atoms with Crippen LogP contribution in [0.4, 0.5) is 0 Å². The van der Waals surface area contributed by atoms with Crippen LogP contribution < -0.4 is 5.32 Å². The molecule has 1 aliphatic heterocycles. The molecule has 0 spiro atoms. The number of nitrogens with one attached hydrogen (secondary N) is 1. The van der Waals surface area contributed by atoms with Gasteiger partial charge in [-0.15, -0.1) is 0 Å². The fraction of sp³-hybridized carbons (Fsp3) is 0.867. The first-order chi connectivity index (χ1) is 9.29. The zero-order chi connectivity index (χ0) is 14.9. The first-order valence-corrected chi connectivity index (χ1v) is 7.60. The lowest BCUT2D eigenvalue weighted by Gasteiger charge is -2.34. The molecule has 2 amide bonds. The molecule has 1 saturated heterocycles. The van der Waals surface area contributed by atoms with E-state index in [1.807, 2.05) is 18.7 Å². The lowest BCUT2D eigenvalue weighted by molar-refractivity contribution is -0.135. The van der Waals surface area contributed by atoms with Crippen molar-refractivity contribution >= 4 is 11.8 Å². The topological polar surface area (TPSA) is 52.7 Å². The maximum absolute atomic E-state index is 12.3. The molecule has 1 unspecified atom stereocenters. The minimum Gasteiger partial charge on any atom is -0.353 e. The van der Waals surface area contributed by atoms with Gasteiger partial charge >= 0.3 is 0 Å². The molecule has 114 valence electrons. The minimum absolute atomic E-state index is 0.0723. The number of carbonyl (C=O) groups is 2. The van der Waals surface area contributed by atoms with Crippen molar-refractivity contribution in [3.05, 3.63) is 0 Å². The SMILES string of the molecule is CC(C)NC(=O)CN1CCN(C(=O)C2CC2(C)C)CC1. The van der Waals surface area contributed by atoms with Crippen LogP contribution >= 0.6 is 0 Å². The smallest absolute Gasteiger partial charge is 0.234 e. The summed E-state index contributed by atoms with van der Waals surface area (Å²) >= 11 is 0. The summed E-state index contributed by atoms with van der Waals surface area (Å²) in [5.74, 6) is 0.600. The molecule has 2 aliphatic rings. The number of nitrogens with zero attached hydrogens (tertiary/aromatic N) is 2. The first-order valence-electron chi connectivity index (χ1n) is 7.60. The molecule has 2 fully saturated rings. The molecule has 1 atom stereocenters. The second-order valence-electron chi connectivity index (χ2n) is 7.07. The van der Waals surface area contributed by atoms with Crippen molar-refractivity contribution in [3.8, 4) is 0 Å². The van der Waals surface area contributed by atoms with E-state index < -0.39 is 0 Å². The Morgan fingerprint density at radius 3 is 2.20 bits per heavy atom. The quantitative estimate of drug-likeness (QED) is 0.825. The van der Waals surface area contributed by atoms with E-state index >= 15 is 0 Å². The largest absolute Gasteiger partial charge is 0.353 e. The molecule has 0 aromatic rings. The van der Waals surface area contributed by atoms with Crippen molar-refractivity contribution in [1.82, 2.24) is 15.1 Å². The standard InChI is InChI=1S/C15H27N3O2/c1-11(2)16-13(19)10-17-5-7-18(8-6-17)14(20)12-9-15(12,3)4/h11-12H,5-10H2,1-4H3,(H,16,19). The van der Waals surface area contributed by atoms with E-state index in [1.54, 1.807) is 0 Å². The molecule has 0 radical (unpaired) electrons. The van der Waals surface area contributed by atoms with Crippen LogP contribution in [0.2, 0.25) is 0 Å². The van der Waals surface area contributed by atoms with Crippen LogP contribution in [0.25, 0.3) is 0 Å². The Hall–Kier alpha value is -1.10. The molecule has 20 heavy (non-hydrogen) atoms. The van der Waals surface area contributed by atoms with Gasteiger partial charge in [-0.2, -0.15) is 0 Å². The maximum atomic E-state index is 12.3. The fourth-order valence-corrected chi connectivity index (χ4v) is 2.81. The van der Waals surface area contributed by atoms with E-state index in [9.17, 15) is 9.59 Å². The summed E-state index contributed by atoms with van der Waals surface area (Å²) < 4.78 is 0. The Bertz CT molecular complexity index is 385. The van der Waals surface area contributed by atoms with Gasteiger partial charge in [-0.05, 0) is 25.7 Å². The van der Waals surface area contributed by atoms with Crippen LogP contribution in [-0.4, -0.2) is 60.4 Å². The summed E-state index contributed by atoms with van der Waals surface area (Å²) in [6, 6.07) is 0.183. The van der Waals surface area contributed by atoms with Crippen molar-refractivity contribution in [3.63, 3.8) is 0 Å². The van der Waals surface area contributed by atoms with Crippen LogP contribution in [0.3, 0.4) is 0 Å². The number of hydrogen-bond donors (Lipinski definition) is 1. The molecule has 5 heteroatoms. The highest BCUT2D eigenvalue weighted by Gasteiger charge is 2.52. The minimum atomic E-state index is 0.0723. The van der Waals surface area contributed by atoms with Gasteiger partial charge in [-0.1, -0.05) is 13.8 Å². The third-order valence-electron chi connectivity index (χ3n) is 4.31. The Morgan fingerprint density at radius 2 is 1.75 bits per heavy atom. The highest BCUT2D eigenvalue weighted by atomic mass is 16.2. The highest BCUT2D eigenvalue weighted by molar-refractivity contribution is 5.82. The summed E-state index contributed by atoms with van der Waals surface area (Å²) in [7, 11) is 0. The Labute approximate surface area is 121 Å². The summed E-state index contributed by atoms with van der Waals surface area (Å²) in [5, 5.41) is 2.90. The van der Waals surface area contributed by atoms with Gasteiger partial charge in [0, 0.05) is 38.1 Å².